The summed E-state index contributed by atoms with van der Waals surface area (Å²) < 4.78 is 4.63. The van der Waals surface area contributed by atoms with E-state index in [4.69, 9.17) is 0 Å². The summed E-state index contributed by atoms with van der Waals surface area (Å²) in [5, 5.41) is 11.2. The van der Waals surface area contributed by atoms with E-state index in [0.717, 1.165) is 24.8 Å². The van der Waals surface area contributed by atoms with Crippen LogP contribution in [0.1, 0.15) is 5.69 Å². The molecule has 2 rings (SSSR count). The van der Waals surface area contributed by atoms with E-state index in [0.29, 0.717) is 6.54 Å². The fourth-order valence-electron chi connectivity index (χ4n) is 1.42. The van der Waals surface area contributed by atoms with E-state index in [2.05, 4.69) is 63.4 Å². The molecule has 1 heterocycles. The zero-order chi connectivity index (χ0) is 12.4. The van der Waals surface area contributed by atoms with Crippen molar-refractivity contribution < 1.29 is 0 Å². The first kappa shape index (κ1) is 13.2. The van der Waals surface area contributed by atoms with Crippen LogP contribution in [-0.4, -0.2) is 22.0 Å². The van der Waals surface area contributed by atoms with Crippen molar-refractivity contribution in [3.63, 3.8) is 0 Å². The summed E-state index contributed by atoms with van der Waals surface area (Å²) in [6.07, 6.45) is 1.90. The van der Waals surface area contributed by atoms with E-state index < -0.39 is 0 Å². The fourth-order valence-corrected chi connectivity index (χ4v) is 4.05. The maximum atomic E-state index is 4.11. The summed E-state index contributed by atoms with van der Waals surface area (Å²) in [5.74, 6) is 0. The number of nitrogens with one attached hydrogen (secondary N) is 1. The van der Waals surface area contributed by atoms with Crippen molar-refractivity contribution in [1.82, 2.24) is 20.3 Å². The van der Waals surface area contributed by atoms with Crippen LogP contribution in [-0.2, 0) is 6.54 Å². The van der Waals surface area contributed by atoms with Gasteiger partial charge in [0.05, 0.1) is 17.6 Å². The predicted molar refractivity (Wildman–Crippen MR) is 77.2 cm³/mol. The number of rotatable bonds is 3. The first-order valence-electron chi connectivity index (χ1n) is 4.82. The molecule has 4 nitrogen and oxygen atoms in total. The molecule has 0 radical (unpaired) electrons. The predicted octanol–water partition coefficient (Wildman–Crippen LogP) is 3.27. The number of aromatic nitrogens is 3. The number of hydrogen-bond acceptors (Lipinski definition) is 3. The first-order chi connectivity index (χ1) is 8.11. The molecule has 1 N–H and O–H groups in total. The summed E-state index contributed by atoms with van der Waals surface area (Å²) in [6, 6.07) is 3.94. The van der Waals surface area contributed by atoms with Gasteiger partial charge < -0.3 is 5.32 Å². The Labute approximate surface area is 124 Å². The van der Waals surface area contributed by atoms with Gasteiger partial charge in [-0.25, -0.2) is 4.68 Å². The molecule has 0 saturated heterocycles. The second-order valence-electron chi connectivity index (χ2n) is 3.40. The second kappa shape index (κ2) is 5.60. The molecule has 7 heteroatoms. The van der Waals surface area contributed by atoms with Crippen LogP contribution in [0.2, 0.25) is 0 Å². The van der Waals surface area contributed by atoms with Crippen LogP contribution in [0.3, 0.4) is 0 Å². The summed E-state index contributed by atoms with van der Waals surface area (Å²) >= 11 is 10.5. The molecule has 0 aliphatic carbocycles. The number of nitrogens with zero attached hydrogens (tertiary/aromatic N) is 3. The maximum Gasteiger partial charge on any atom is 0.0969 e. The number of halogens is 3. The lowest BCUT2D eigenvalue weighted by Crippen LogP contribution is -2.05. The molecule has 17 heavy (non-hydrogen) atoms. The molecule has 90 valence electrons. The quantitative estimate of drug-likeness (QED) is 0.822. The van der Waals surface area contributed by atoms with Crippen molar-refractivity contribution in [1.29, 1.82) is 0 Å². The summed E-state index contributed by atoms with van der Waals surface area (Å²) in [5.41, 5.74) is 1.83. The zero-order valence-electron chi connectivity index (χ0n) is 8.91. The Morgan fingerprint density at radius 2 is 1.88 bits per heavy atom. The molecule has 0 aliphatic rings. The Kier molecular flexibility index (Phi) is 4.35. The Hall–Kier alpha value is -0.240. The average molecular weight is 425 g/mol. The minimum Gasteiger partial charge on any atom is -0.314 e. The molecule has 2 aromatic rings. The topological polar surface area (TPSA) is 42.7 Å². The van der Waals surface area contributed by atoms with Crippen molar-refractivity contribution in [2.24, 2.45) is 0 Å². The van der Waals surface area contributed by atoms with Crippen molar-refractivity contribution in [3.05, 3.63) is 37.4 Å². The van der Waals surface area contributed by atoms with Crippen LogP contribution in [0.4, 0.5) is 0 Å². The molecule has 0 fully saturated rings. The maximum absolute atomic E-state index is 4.11. The standard InChI is InChI=1S/C10H9Br3N4/c1-14-4-7-5-17(16-15-7)10-8(12)2-6(11)3-9(10)13/h2-3,5,14H,4H2,1H3. The fraction of sp³-hybridized carbons (Fsp3) is 0.200. The van der Waals surface area contributed by atoms with Crippen LogP contribution in [0.25, 0.3) is 5.69 Å². The zero-order valence-corrected chi connectivity index (χ0v) is 13.7. The third kappa shape index (κ3) is 2.96. The third-order valence-electron chi connectivity index (χ3n) is 2.11. The van der Waals surface area contributed by atoms with Gasteiger partial charge >= 0.3 is 0 Å². The van der Waals surface area contributed by atoms with Gasteiger partial charge in [0, 0.05) is 20.0 Å². The highest BCUT2D eigenvalue weighted by atomic mass is 79.9. The summed E-state index contributed by atoms with van der Waals surface area (Å²) in [6.45, 7) is 0.700. The van der Waals surface area contributed by atoms with Crippen molar-refractivity contribution in [3.8, 4) is 5.69 Å². The van der Waals surface area contributed by atoms with Crippen LogP contribution in [0.15, 0.2) is 31.7 Å². The SMILES string of the molecule is CNCc1cn(-c2c(Br)cc(Br)cc2Br)nn1. The highest BCUT2D eigenvalue weighted by molar-refractivity contribution is 9.11. The van der Waals surface area contributed by atoms with E-state index in [1.165, 1.54) is 0 Å². The molecule has 0 saturated carbocycles. The largest absolute Gasteiger partial charge is 0.314 e. The normalized spacial score (nSPS) is 10.8. The molecule has 0 bridgehead atoms. The van der Waals surface area contributed by atoms with Gasteiger partial charge in [-0.3, -0.25) is 0 Å². The van der Waals surface area contributed by atoms with Gasteiger partial charge in [0.15, 0.2) is 0 Å². The molecular formula is C10H9Br3N4. The van der Waals surface area contributed by atoms with Crippen LogP contribution >= 0.6 is 47.8 Å². The molecule has 0 unspecified atom stereocenters. The molecule has 0 spiro atoms. The number of benzene rings is 1. The Morgan fingerprint density at radius 1 is 1.24 bits per heavy atom. The molecule has 0 aliphatic heterocycles. The first-order valence-corrected chi connectivity index (χ1v) is 7.20. The van der Waals surface area contributed by atoms with Gasteiger partial charge in [-0.15, -0.1) is 5.10 Å². The van der Waals surface area contributed by atoms with Gasteiger partial charge in [-0.05, 0) is 51.0 Å². The van der Waals surface area contributed by atoms with Crippen molar-refractivity contribution in [2.45, 2.75) is 6.54 Å². The van der Waals surface area contributed by atoms with Gasteiger partial charge in [0.1, 0.15) is 0 Å². The van der Waals surface area contributed by atoms with Gasteiger partial charge in [0.2, 0.25) is 0 Å². The monoisotopic (exact) mass is 422 g/mol. The smallest absolute Gasteiger partial charge is 0.0969 e. The van der Waals surface area contributed by atoms with E-state index in [-0.39, 0.29) is 0 Å². The summed E-state index contributed by atoms with van der Waals surface area (Å²) in [4.78, 5) is 0. The van der Waals surface area contributed by atoms with E-state index in [1.807, 2.05) is 25.4 Å². The lowest BCUT2D eigenvalue weighted by Gasteiger charge is -2.07. The summed E-state index contributed by atoms with van der Waals surface area (Å²) in [7, 11) is 1.88. The third-order valence-corrected chi connectivity index (χ3v) is 3.78. The van der Waals surface area contributed by atoms with Crippen LogP contribution in [0, 0.1) is 0 Å². The molecular weight excluding hydrogens is 416 g/mol. The molecule has 0 amide bonds. The Balaban J connectivity index is 2.45. The van der Waals surface area contributed by atoms with Crippen LogP contribution < -0.4 is 5.32 Å². The number of hydrogen-bond donors (Lipinski definition) is 1. The van der Waals surface area contributed by atoms with Crippen molar-refractivity contribution >= 4 is 47.8 Å². The van der Waals surface area contributed by atoms with E-state index in [9.17, 15) is 0 Å². The highest BCUT2D eigenvalue weighted by Crippen LogP contribution is 2.32. The van der Waals surface area contributed by atoms with E-state index >= 15 is 0 Å². The Morgan fingerprint density at radius 3 is 2.47 bits per heavy atom. The van der Waals surface area contributed by atoms with Gasteiger partial charge in [-0.2, -0.15) is 0 Å². The molecule has 0 atom stereocenters. The van der Waals surface area contributed by atoms with Gasteiger partial charge in [-0.1, -0.05) is 21.1 Å². The minimum absolute atomic E-state index is 0.700. The molecule has 1 aromatic carbocycles. The lowest BCUT2D eigenvalue weighted by molar-refractivity contribution is 0.765. The lowest BCUT2D eigenvalue weighted by atomic mass is 10.3. The minimum atomic E-state index is 0.700. The van der Waals surface area contributed by atoms with Crippen LogP contribution in [0.5, 0.6) is 0 Å². The second-order valence-corrected chi connectivity index (χ2v) is 6.03. The average Bonchev–Trinajstić information content (AvgIpc) is 2.65. The highest BCUT2D eigenvalue weighted by Gasteiger charge is 2.11. The van der Waals surface area contributed by atoms with E-state index in [1.54, 1.807) is 4.68 Å². The molecule has 1 aromatic heterocycles. The Bertz CT molecular complexity index is 515. The van der Waals surface area contributed by atoms with Gasteiger partial charge in [0.25, 0.3) is 0 Å². The van der Waals surface area contributed by atoms with Crippen molar-refractivity contribution in [2.75, 3.05) is 7.05 Å².